The maximum absolute atomic E-state index is 13.3. The first-order chi connectivity index (χ1) is 16.7. The van der Waals surface area contributed by atoms with E-state index in [0.29, 0.717) is 32.7 Å². The Kier molecular flexibility index (Phi) is 7.36. The van der Waals surface area contributed by atoms with Gasteiger partial charge in [0.15, 0.2) is 0 Å². The number of carbonyl (C=O) groups is 2. The zero-order valence-corrected chi connectivity index (χ0v) is 20.8. The third-order valence-electron chi connectivity index (χ3n) is 6.32. The van der Waals surface area contributed by atoms with E-state index in [4.69, 9.17) is 11.6 Å². The van der Waals surface area contributed by atoms with Crippen LogP contribution in [0.25, 0.3) is 6.08 Å². The van der Waals surface area contributed by atoms with Gasteiger partial charge in [-0.2, -0.15) is 5.10 Å². The van der Waals surface area contributed by atoms with Crippen LogP contribution < -0.4 is 0 Å². The molecule has 0 aliphatic carbocycles. The molecule has 1 fully saturated rings. The van der Waals surface area contributed by atoms with Gasteiger partial charge in [0.25, 0.3) is 5.91 Å². The summed E-state index contributed by atoms with van der Waals surface area (Å²) in [6.45, 7) is 8.28. The maximum atomic E-state index is 13.3. The molecule has 1 aliphatic rings. The highest BCUT2D eigenvalue weighted by molar-refractivity contribution is 6.33. The summed E-state index contributed by atoms with van der Waals surface area (Å²) < 4.78 is 15.2. The van der Waals surface area contributed by atoms with E-state index in [2.05, 4.69) is 36.3 Å². The largest absolute Gasteiger partial charge is 0.336 e. The molecule has 8 heteroatoms. The molecule has 1 aliphatic heterocycles. The molecule has 0 atom stereocenters. The summed E-state index contributed by atoms with van der Waals surface area (Å²) >= 11 is 6.03. The van der Waals surface area contributed by atoms with E-state index >= 15 is 0 Å². The van der Waals surface area contributed by atoms with E-state index in [-0.39, 0.29) is 22.4 Å². The third-order valence-corrected chi connectivity index (χ3v) is 6.64. The minimum absolute atomic E-state index is 0.0881. The molecule has 0 radical (unpaired) electrons. The summed E-state index contributed by atoms with van der Waals surface area (Å²) in [5.74, 6) is -0.855. The molecule has 4 rings (SSSR count). The average molecular weight is 495 g/mol. The van der Waals surface area contributed by atoms with Crippen LogP contribution in [0.15, 0.2) is 48.5 Å². The van der Waals surface area contributed by atoms with Gasteiger partial charge in [-0.25, -0.2) is 4.39 Å². The van der Waals surface area contributed by atoms with Crippen LogP contribution in [0.4, 0.5) is 4.39 Å². The summed E-state index contributed by atoms with van der Waals surface area (Å²) in [6.07, 6.45) is 3.39. The fraction of sp³-hybridized carbons (Fsp3) is 0.296. The average Bonchev–Trinajstić information content (AvgIpc) is 3.10. The number of carbonyl (C=O) groups excluding carboxylic acids is 2. The summed E-state index contributed by atoms with van der Waals surface area (Å²) in [6, 6.07) is 12.1. The molecule has 2 heterocycles. The second-order valence-electron chi connectivity index (χ2n) is 8.80. The Balaban J connectivity index is 1.37. The number of hydrogen-bond acceptors (Lipinski definition) is 3. The molecule has 1 saturated heterocycles. The molecular formula is C27H28ClFN4O2. The molecule has 0 unspecified atom stereocenters. The van der Waals surface area contributed by atoms with Crippen molar-refractivity contribution in [2.45, 2.75) is 27.3 Å². The predicted molar refractivity (Wildman–Crippen MR) is 135 cm³/mol. The predicted octanol–water partition coefficient (Wildman–Crippen LogP) is 4.65. The normalized spacial score (nSPS) is 14.1. The van der Waals surface area contributed by atoms with Gasteiger partial charge in [0, 0.05) is 43.5 Å². The molecule has 0 spiro atoms. The van der Waals surface area contributed by atoms with Crippen LogP contribution in [-0.2, 0) is 11.3 Å². The van der Waals surface area contributed by atoms with Crippen LogP contribution in [0.2, 0.25) is 5.02 Å². The lowest BCUT2D eigenvalue weighted by Gasteiger charge is -2.34. The highest BCUT2D eigenvalue weighted by Crippen LogP contribution is 2.21. The Labute approximate surface area is 209 Å². The first kappa shape index (κ1) is 24.7. The number of halogens is 2. The topological polar surface area (TPSA) is 58.4 Å². The minimum Gasteiger partial charge on any atom is -0.336 e. The van der Waals surface area contributed by atoms with Crippen LogP contribution in [0, 0.1) is 26.6 Å². The first-order valence-electron chi connectivity index (χ1n) is 11.5. The molecule has 3 aromatic rings. The van der Waals surface area contributed by atoms with Crippen molar-refractivity contribution in [2.75, 3.05) is 26.2 Å². The number of piperazine rings is 1. The zero-order valence-electron chi connectivity index (χ0n) is 20.1. The number of amides is 2. The fourth-order valence-electron chi connectivity index (χ4n) is 4.20. The lowest BCUT2D eigenvalue weighted by Crippen LogP contribution is -2.50. The second-order valence-corrected chi connectivity index (χ2v) is 9.21. The monoisotopic (exact) mass is 494 g/mol. The summed E-state index contributed by atoms with van der Waals surface area (Å²) in [7, 11) is 0. The van der Waals surface area contributed by atoms with Crippen molar-refractivity contribution in [1.82, 2.24) is 19.6 Å². The van der Waals surface area contributed by atoms with E-state index in [9.17, 15) is 14.0 Å². The van der Waals surface area contributed by atoms with E-state index in [0.717, 1.165) is 23.0 Å². The van der Waals surface area contributed by atoms with Gasteiger partial charge in [0.05, 0.1) is 22.8 Å². The van der Waals surface area contributed by atoms with E-state index < -0.39 is 5.82 Å². The summed E-state index contributed by atoms with van der Waals surface area (Å²) in [5, 5.41) is 4.74. The molecule has 2 aromatic carbocycles. The van der Waals surface area contributed by atoms with Gasteiger partial charge in [-0.05, 0) is 50.6 Å². The van der Waals surface area contributed by atoms with Gasteiger partial charge in [0.2, 0.25) is 5.91 Å². The zero-order chi connectivity index (χ0) is 25.1. The van der Waals surface area contributed by atoms with Crippen molar-refractivity contribution in [1.29, 1.82) is 0 Å². The number of benzene rings is 2. The first-order valence-corrected chi connectivity index (χ1v) is 11.9. The van der Waals surface area contributed by atoms with E-state index in [1.165, 1.54) is 23.3 Å². The van der Waals surface area contributed by atoms with Crippen LogP contribution in [0.3, 0.4) is 0 Å². The number of rotatable bonds is 5. The Morgan fingerprint density at radius 1 is 1.00 bits per heavy atom. The SMILES string of the molecule is Cc1ccc(Cn2nc(C)c(C=CC(=O)N3CCN(C(=O)c4ccc(F)cc4Cl)CC3)c2C)cc1. The fourth-order valence-corrected chi connectivity index (χ4v) is 4.44. The quantitative estimate of drug-likeness (QED) is 0.485. The van der Waals surface area contributed by atoms with Crippen molar-refractivity contribution >= 4 is 29.5 Å². The van der Waals surface area contributed by atoms with Gasteiger partial charge in [0.1, 0.15) is 5.82 Å². The molecule has 0 N–H and O–H groups in total. The Morgan fingerprint density at radius 3 is 2.31 bits per heavy atom. The molecule has 1 aromatic heterocycles. The summed E-state index contributed by atoms with van der Waals surface area (Å²) in [5.41, 5.74) is 5.45. The molecule has 2 amide bonds. The standard InChI is InChI=1S/C27H28ClFN4O2/c1-18-4-6-21(7-5-18)17-33-20(3)23(19(2)30-33)10-11-26(34)31-12-14-32(15-13-31)27(35)24-9-8-22(29)16-25(24)28/h4-11,16H,12-15,17H2,1-3H3. The van der Waals surface area contributed by atoms with Crippen LogP contribution in [0.5, 0.6) is 0 Å². The maximum Gasteiger partial charge on any atom is 0.255 e. The molecule has 6 nitrogen and oxygen atoms in total. The number of aromatic nitrogens is 2. The van der Waals surface area contributed by atoms with Gasteiger partial charge < -0.3 is 9.80 Å². The van der Waals surface area contributed by atoms with Gasteiger partial charge in [-0.3, -0.25) is 14.3 Å². The van der Waals surface area contributed by atoms with Crippen LogP contribution in [0.1, 0.15) is 38.4 Å². The minimum atomic E-state index is -0.486. The smallest absolute Gasteiger partial charge is 0.255 e. The number of hydrogen-bond donors (Lipinski definition) is 0. The molecule has 0 bridgehead atoms. The molecule has 0 saturated carbocycles. The highest BCUT2D eigenvalue weighted by Gasteiger charge is 2.25. The Hall–Kier alpha value is -3.45. The van der Waals surface area contributed by atoms with Crippen molar-refractivity contribution in [3.05, 3.63) is 93.0 Å². The third kappa shape index (κ3) is 5.62. The highest BCUT2D eigenvalue weighted by atomic mass is 35.5. The van der Waals surface area contributed by atoms with Gasteiger partial charge in [-0.15, -0.1) is 0 Å². The lowest BCUT2D eigenvalue weighted by atomic mass is 10.1. The Morgan fingerprint density at radius 2 is 1.66 bits per heavy atom. The van der Waals surface area contributed by atoms with E-state index in [1.54, 1.807) is 15.9 Å². The van der Waals surface area contributed by atoms with Gasteiger partial charge >= 0.3 is 0 Å². The Bertz CT molecular complexity index is 1280. The molecule has 182 valence electrons. The van der Waals surface area contributed by atoms with Crippen LogP contribution >= 0.6 is 11.6 Å². The van der Waals surface area contributed by atoms with Crippen molar-refractivity contribution in [2.24, 2.45) is 0 Å². The van der Waals surface area contributed by atoms with Gasteiger partial charge in [-0.1, -0.05) is 41.4 Å². The van der Waals surface area contributed by atoms with Crippen LogP contribution in [-0.4, -0.2) is 57.6 Å². The van der Waals surface area contributed by atoms with Crippen molar-refractivity contribution in [3.8, 4) is 0 Å². The van der Waals surface area contributed by atoms with Crippen molar-refractivity contribution < 1.29 is 14.0 Å². The number of aryl methyl sites for hydroxylation is 2. The lowest BCUT2D eigenvalue weighted by molar-refractivity contribution is -0.127. The number of nitrogens with zero attached hydrogens (tertiary/aromatic N) is 4. The second kappa shape index (κ2) is 10.4. The van der Waals surface area contributed by atoms with Crippen molar-refractivity contribution in [3.63, 3.8) is 0 Å². The molecule has 35 heavy (non-hydrogen) atoms. The summed E-state index contributed by atoms with van der Waals surface area (Å²) in [4.78, 5) is 28.9. The molecular weight excluding hydrogens is 467 g/mol. The van der Waals surface area contributed by atoms with E-state index in [1.807, 2.05) is 24.6 Å².